The largest absolute Gasteiger partial charge is 0.481 e. The molecule has 1 N–H and O–H groups in total. The van der Waals surface area contributed by atoms with Gasteiger partial charge in [0.15, 0.2) is 0 Å². The van der Waals surface area contributed by atoms with Crippen LogP contribution in [0, 0.1) is 11.3 Å². The van der Waals surface area contributed by atoms with Gasteiger partial charge in [-0.2, -0.15) is 0 Å². The van der Waals surface area contributed by atoms with E-state index in [1.807, 2.05) is 6.08 Å². The monoisotopic (exact) mass is 805 g/mol. The Hall–Kier alpha value is -2.62. The van der Waals surface area contributed by atoms with Crippen LogP contribution in [0.25, 0.3) is 0 Å². The molecule has 0 heterocycles. The van der Waals surface area contributed by atoms with Crippen LogP contribution in [0.15, 0.2) is 70.9 Å². The van der Waals surface area contributed by atoms with Crippen molar-refractivity contribution in [3.8, 4) is 0 Å². The number of ether oxygens (including phenoxy) is 1. The zero-order chi connectivity index (χ0) is 42.5. The Kier molecular flexibility index (Phi) is 33.4. The maximum Gasteiger partial charge on any atom is 0.309 e. The summed E-state index contributed by atoms with van der Waals surface area (Å²) in [5, 5.41) is 8.72. The average molecular weight is 805 g/mol. The number of unbranched alkanes of at least 4 members (excludes halogenated alkanes) is 22. The van der Waals surface area contributed by atoms with Gasteiger partial charge in [0, 0.05) is 6.42 Å². The van der Waals surface area contributed by atoms with Gasteiger partial charge in [-0.25, -0.2) is 0 Å². The summed E-state index contributed by atoms with van der Waals surface area (Å²) in [6.07, 6.45) is 54.7. The molecule has 332 valence electrons. The highest BCUT2D eigenvalue weighted by molar-refractivity contribution is 5.72. The first-order valence-corrected chi connectivity index (χ1v) is 24.5. The third-order valence-electron chi connectivity index (χ3n) is 12.2. The van der Waals surface area contributed by atoms with Crippen molar-refractivity contribution >= 4 is 11.9 Å². The van der Waals surface area contributed by atoms with E-state index in [4.69, 9.17) is 9.84 Å². The van der Waals surface area contributed by atoms with E-state index in [2.05, 4.69) is 84.1 Å². The van der Waals surface area contributed by atoms with E-state index < -0.39 is 5.97 Å². The Morgan fingerprint density at radius 3 is 1.71 bits per heavy atom. The second-order valence-corrected chi connectivity index (χ2v) is 18.4. The standard InChI is InChI=1S/C54H92O4/c1-7-8-9-10-11-12-13-19-22-25-28-31-39-50(40-32-29-26-23-20-17-15-14-16-18-21-24-27-30-33-41-52(55)56)53(57)58-46-44-48(3)37-34-36-47(2)42-43-51-49(4)38-35-45-54(51,5)6/h14,16,34,36-37,42-44,50H,7-13,15,17-33,35,38-41,45-46H2,1-6H3,(H,55,56). The van der Waals surface area contributed by atoms with Crippen LogP contribution in [-0.4, -0.2) is 23.7 Å². The van der Waals surface area contributed by atoms with Gasteiger partial charge in [-0.05, 0) is 102 Å². The van der Waals surface area contributed by atoms with Gasteiger partial charge in [0.1, 0.15) is 6.61 Å². The first-order valence-electron chi connectivity index (χ1n) is 24.5. The fourth-order valence-electron chi connectivity index (χ4n) is 8.35. The molecule has 4 nitrogen and oxygen atoms in total. The number of allylic oxidation sites excluding steroid dienone is 11. The van der Waals surface area contributed by atoms with Crippen molar-refractivity contribution in [2.45, 2.75) is 241 Å². The number of hydrogen-bond donors (Lipinski definition) is 1. The van der Waals surface area contributed by atoms with Gasteiger partial charge in [0.25, 0.3) is 0 Å². The lowest BCUT2D eigenvalue weighted by Crippen LogP contribution is -2.19. The molecule has 0 spiro atoms. The maximum atomic E-state index is 13.3. The molecule has 0 aromatic carbocycles. The molecule has 0 aromatic heterocycles. The van der Waals surface area contributed by atoms with Crippen LogP contribution in [0.2, 0.25) is 0 Å². The number of carbonyl (C=O) groups is 2. The summed E-state index contributed by atoms with van der Waals surface area (Å²) in [7, 11) is 0. The van der Waals surface area contributed by atoms with Crippen molar-refractivity contribution in [2.75, 3.05) is 6.61 Å². The van der Waals surface area contributed by atoms with Crippen molar-refractivity contribution in [3.63, 3.8) is 0 Å². The second-order valence-electron chi connectivity index (χ2n) is 18.4. The number of esters is 1. The lowest BCUT2D eigenvalue weighted by Gasteiger charge is -2.32. The molecule has 1 aliphatic rings. The zero-order valence-corrected chi connectivity index (χ0v) is 39.0. The van der Waals surface area contributed by atoms with Crippen molar-refractivity contribution in [3.05, 3.63) is 70.9 Å². The summed E-state index contributed by atoms with van der Waals surface area (Å²) in [5.74, 6) is -0.660. The van der Waals surface area contributed by atoms with Gasteiger partial charge in [0.2, 0.25) is 0 Å². The van der Waals surface area contributed by atoms with Crippen molar-refractivity contribution < 1.29 is 19.4 Å². The van der Waals surface area contributed by atoms with Crippen LogP contribution >= 0.6 is 0 Å². The van der Waals surface area contributed by atoms with Crippen LogP contribution in [0.3, 0.4) is 0 Å². The van der Waals surface area contributed by atoms with Crippen molar-refractivity contribution in [1.82, 2.24) is 0 Å². The predicted octanol–water partition coefficient (Wildman–Crippen LogP) is 17.3. The molecular formula is C54H92O4. The maximum absolute atomic E-state index is 13.3. The number of carboxylic acid groups (broad SMARTS) is 1. The Balaban J connectivity index is 2.44. The third kappa shape index (κ3) is 30.4. The number of rotatable bonds is 37. The number of hydrogen-bond acceptors (Lipinski definition) is 3. The predicted molar refractivity (Wildman–Crippen MR) is 252 cm³/mol. The van der Waals surface area contributed by atoms with Crippen LogP contribution < -0.4 is 0 Å². The molecular weight excluding hydrogens is 713 g/mol. The number of carbonyl (C=O) groups excluding carboxylic acids is 1. The molecule has 0 aliphatic heterocycles. The van der Waals surface area contributed by atoms with Crippen LogP contribution in [-0.2, 0) is 14.3 Å². The second kappa shape index (κ2) is 36.2. The van der Waals surface area contributed by atoms with E-state index in [-0.39, 0.29) is 17.3 Å². The summed E-state index contributed by atoms with van der Waals surface area (Å²) in [4.78, 5) is 23.9. The van der Waals surface area contributed by atoms with E-state index in [0.29, 0.717) is 13.0 Å². The molecule has 1 aliphatic carbocycles. The van der Waals surface area contributed by atoms with Crippen LogP contribution in [0.5, 0.6) is 0 Å². The Labute approximate surface area is 359 Å². The smallest absolute Gasteiger partial charge is 0.309 e. The normalized spacial score (nSPS) is 15.7. The molecule has 0 saturated heterocycles. The molecule has 1 atom stereocenters. The highest BCUT2D eigenvalue weighted by Gasteiger charge is 2.26. The van der Waals surface area contributed by atoms with Gasteiger partial charge in [-0.1, -0.05) is 208 Å². The topological polar surface area (TPSA) is 63.6 Å². The number of carboxylic acids is 1. The van der Waals surface area contributed by atoms with Crippen LogP contribution in [0.4, 0.5) is 0 Å². The van der Waals surface area contributed by atoms with E-state index in [0.717, 1.165) is 56.9 Å². The summed E-state index contributed by atoms with van der Waals surface area (Å²) in [5.41, 5.74) is 5.62. The van der Waals surface area contributed by atoms with Gasteiger partial charge in [-0.3, -0.25) is 9.59 Å². The van der Waals surface area contributed by atoms with E-state index in [9.17, 15) is 9.59 Å². The summed E-state index contributed by atoms with van der Waals surface area (Å²) >= 11 is 0. The minimum absolute atomic E-state index is 0.00260. The quantitative estimate of drug-likeness (QED) is 0.0294. The molecule has 0 amide bonds. The lowest BCUT2D eigenvalue weighted by atomic mass is 9.72. The van der Waals surface area contributed by atoms with Crippen LogP contribution in [0.1, 0.15) is 241 Å². The Morgan fingerprint density at radius 1 is 0.690 bits per heavy atom. The average Bonchev–Trinajstić information content (AvgIpc) is 3.18. The fourth-order valence-corrected chi connectivity index (χ4v) is 8.35. The summed E-state index contributed by atoms with van der Waals surface area (Å²) < 4.78 is 5.88. The van der Waals surface area contributed by atoms with Crippen molar-refractivity contribution in [1.29, 1.82) is 0 Å². The SMILES string of the molecule is CCCCCCCCCCCCCCC(CCCCCCCCC=CCCCCCCCC(=O)O)C(=O)OCC=C(C)C=CC=C(C)C=CC1=C(C)CCCC1(C)C. The summed E-state index contributed by atoms with van der Waals surface area (Å²) in [6.45, 7) is 13.9. The van der Waals surface area contributed by atoms with Gasteiger partial charge < -0.3 is 9.84 Å². The van der Waals surface area contributed by atoms with Gasteiger partial charge in [0.05, 0.1) is 5.92 Å². The molecule has 0 aromatic rings. The van der Waals surface area contributed by atoms with E-state index >= 15 is 0 Å². The lowest BCUT2D eigenvalue weighted by molar-refractivity contribution is -0.148. The highest BCUT2D eigenvalue weighted by atomic mass is 16.5. The number of aliphatic carboxylic acids is 1. The first-order chi connectivity index (χ1) is 28.1. The molecule has 0 radical (unpaired) electrons. The molecule has 0 saturated carbocycles. The van der Waals surface area contributed by atoms with Gasteiger partial charge in [-0.15, -0.1) is 0 Å². The molecule has 1 unspecified atom stereocenters. The minimum Gasteiger partial charge on any atom is -0.481 e. The molecule has 0 fully saturated rings. The fraction of sp³-hybridized carbons (Fsp3) is 0.741. The van der Waals surface area contributed by atoms with E-state index in [1.165, 1.54) is 158 Å². The molecule has 4 heteroatoms. The molecule has 58 heavy (non-hydrogen) atoms. The molecule has 1 rings (SSSR count). The van der Waals surface area contributed by atoms with Crippen molar-refractivity contribution in [2.24, 2.45) is 11.3 Å². The highest BCUT2D eigenvalue weighted by Crippen LogP contribution is 2.40. The first kappa shape index (κ1) is 53.4. The summed E-state index contributed by atoms with van der Waals surface area (Å²) in [6, 6.07) is 0. The minimum atomic E-state index is -0.678. The zero-order valence-electron chi connectivity index (χ0n) is 39.0. The Morgan fingerprint density at radius 2 is 1.19 bits per heavy atom. The van der Waals surface area contributed by atoms with E-state index in [1.54, 1.807) is 0 Å². The van der Waals surface area contributed by atoms with Gasteiger partial charge >= 0.3 is 11.9 Å². The third-order valence-corrected chi connectivity index (χ3v) is 12.2. The Bertz CT molecular complexity index is 1240. The molecule has 0 bridgehead atoms.